The van der Waals surface area contributed by atoms with Gasteiger partial charge in [-0.2, -0.15) is 5.10 Å². The van der Waals surface area contributed by atoms with E-state index in [9.17, 15) is 4.79 Å². The third-order valence-corrected chi connectivity index (χ3v) is 4.15. The maximum Gasteiger partial charge on any atom is 0.242 e. The second-order valence-electron chi connectivity index (χ2n) is 5.86. The molecule has 0 aliphatic heterocycles. The van der Waals surface area contributed by atoms with Gasteiger partial charge in [-0.3, -0.25) is 9.48 Å². The molecule has 27 heavy (non-hydrogen) atoms. The number of ether oxygens (including phenoxy) is 3. The highest BCUT2D eigenvalue weighted by atomic mass is 35.5. The van der Waals surface area contributed by atoms with Crippen molar-refractivity contribution in [1.82, 2.24) is 20.4 Å². The quantitative estimate of drug-likeness (QED) is 0.707. The number of amides is 1. The molecule has 2 atom stereocenters. The fourth-order valence-corrected chi connectivity index (χ4v) is 2.77. The van der Waals surface area contributed by atoms with Gasteiger partial charge in [0.15, 0.2) is 11.5 Å². The molecule has 2 aromatic rings. The van der Waals surface area contributed by atoms with Crippen molar-refractivity contribution in [2.75, 3.05) is 28.4 Å². The molecule has 2 rings (SSSR count). The number of carbonyl (C=O) groups is 1. The molecule has 8 nitrogen and oxygen atoms in total. The zero-order chi connectivity index (χ0) is 19.3. The number of halogens is 1. The first kappa shape index (κ1) is 22.6. The lowest BCUT2D eigenvalue weighted by Gasteiger charge is -2.21. The molecule has 9 heteroatoms. The van der Waals surface area contributed by atoms with Gasteiger partial charge in [0.25, 0.3) is 0 Å². The Morgan fingerprint density at radius 2 is 1.70 bits per heavy atom. The Kier molecular flexibility index (Phi) is 8.39. The standard InChI is InChI=1S/C18H26N4O4.ClH/c1-11(12-7-14(24-4)17(26-6)15(8-12)25-5)21-18(23)16(19-2)13-9-20-22(3)10-13;/h7-11,16,19H,1-6H3,(H,21,23);1H. The lowest BCUT2D eigenvalue weighted by molar-refractivity contribution is -0.123. The Bertz CT molecular complexity index is 741. The molecule has 0 radical (unpaired) electrons. The molecule has 0 aliphatic carbocycles. The van der Waals surface area contributed by atoms with Gasteiger partial charge >= 0.3 is 0 Å². The third-order valence-electron chi connectivity index (χ3n) is 4.15. The first-order valence-electron chi connectivity index (χ1n) is 8.21. The molecular formula is C18H27ClN4O4. The minimum Gasteiger partial charge on any atom is -0.493 e. The molecule has 1 amide bonds. The normalized spacial score (nSPS) is 12.5. The Hall–Kier alpha value is -2.45. The number of likely N-dealkylation sites (N-methyl/N-ethyl adjacent to an activating group) is 1. The smallest absolute Gasteiger partial charge is 0.242 e. The van der Waals surface area contributed by atoms with Gasteiger partial charge in [-0.15, -0.1) is 12.4 Å². The zero-order valence-corrected chi connectivity index (χ0v) is 17.2. The molecule has 0 saturated heterocycles. The molecule has 1 aromatic heterocycles. The van der Waals surface area contributed by atoms with E-state index in [-0.39, 0.29) is 24.4 Å². The zero-order valence-electron chi connectivity index (χ0n) is 16.4. The number of nitrogens with zero attached hydrogens (tertiary/aromatic N) is 2. The number of rotatable bonds is 8. The van der Waals surface area contributed by atoms with E-state index in [1.807, 2.05) is 32.3 Å². The lowest BCUT2D eigenvalue weighted by Crippen LogP contribution is -2.37. The van der Waals surface area contributed by atoms with E-state index in [1.165, 1.54) is 0 Å². The van der Waals surface area contributed by atoms with Gasteiger partial charge in [-0.1, -0.05) is 0 Å². The molecule has 0 fully saturated rings. The number of benzene rings is 1. The Balaban J connectivity index is 0.00000364. The van der Waals surface area contributed by atoms with Crippen molar-refractivity contribution in [3.8, 4) is 17.2 Å². The molecule has 1 aromatic carbocycles. The second-order valence-corrected chi connectivity index (χ2v) is 5.86. The Morgan fingerprint density at radius 3 is 2.11 bits per heavy atom. The van der Waals surface area contributed by atoms with E-state index in [0.717, 1.165) is 11.1 Å². The largest absolute Gasteiger partial charge is 0.493 e. The van der Waals surface area contributed by atoms with Crippen LogP contribution < -0.4 is 24.8 Å². The maximum atomic E-state index is 12.7. The number of aromatic nitrogens is 2. The molecule has 2 unspecified atom stereocenters. The molecule has 2 N–H and O–H groups in total. The molecular weight excluding hydrogens is 372 g/mol. The first-order chi connectivity index (χ1) is 12.4. The maximum absolute atomic E-state index is 12.7. The van der Waals surface area contributed by atoms with Crippen molar-refractivity contribution < 1.29 is 19.0 Å². The highest BCUT2D eigenvalue weighted by molar-refractivity contribution is 5.85. The van der Waals surface area contributed by atoms with Crippen molar-refractivity contribution in [3.05, 3.63) is 35.7 Å². The first-order valence-corrected chi connectivity index (χ1v) is 8.21. The predicted molar refractivity (Wildman–Crippen MR) is 105 cm³/mol. The monoisotopic (exact) mass is 398 g/mol. The van der Waals surface area contributed by atoms with Crippen LogP contribution in [0.2, 0.25) is 0 Å². The summed E-state index contributed by atoms with van der Waals surface area (Å²) in [6.45, 7) is 1.90. The van der Waals surface area contributed by atoms with Crippen molar-refractivity contribution in [2.24, 2.45) is 7.05 Å². The van der Waals surface area contributed by atoms with Crippen molar-refractivity contribution in [1.29, 1.82) is 0 Å². The highest BCUT2D eigenvalue weighted by Gasteiger charge is 2.23. The minimum atomic E-state index is -0.492. The van der Waals surface area contributed by atoms with E-state index in [4.69, 9.17) is 14.2 Å². The number of methoxy groups -OCH3 is 3. The van der Waals surface area contributed by atoms with Gasteiger partial charge in [-0.05, 0) is 31.7 Å². The highest BCUT2D eigenvalue weighted by Crippen LogP contribution is 2.39. The molecule has 1 heterocycles. The van der Waals surface area contributed by atoms with E-state index in [2.05, 4.69) is 15.7 Å². The number of aryl methyl sites for hydroxylation is 1. The SMILES string of the molecule is CNC(C(=O)NC(C)c1cc(OC)c(OC)c(OC)c1)c1cnn(C)c1.Cl. The van der Waals surface area contributed by atoms with Crippen LogP contribution in [0.4, 0.5) is 0 Å². The predicted octanol–water partition coefficient (Wildman–Crippen LogP) is 2.01. The number of hydrogen-bond acceptors (Lipinski definition) is 6. The summed E-state index contributed by atoms with van der Waals surface area (Å²) in [6, 6.07) is 2.90. The summed E-state index contributed by atoms with van der Waals surface area (Å²) >= 11 is 0. The summed E-state index contributed by atoms with van der Waals surface area (Å²) < 4.78 is 17.7. The van der Waals surface area contributed by atoms with E-state index in [1.54, 1.807) is 39.3 Å². The number of nitrogens with one attached hydrogen (secondary N) is 2. The van der Waals surface area contributed by atoms with Crippen LogP contribution in [-0.2, 0) is 11.8 Å². The summed E-state index contributed by atoms with van der Waals surface area (Å²) in [5.41, 5.74) is 1.64. The molecule has 0 saturated carbocycles. The molecule has 150 valence electrons. The van der Waals surface area contributed by atoms with Crippen molar-refractivity contribution in [2.45, 2.75) is 19.0 Å². The fourth-order valence-electron chi connectivity index (χ4n) is 2.77. The summed E-state index contributed by atoms with van der Waals surface area (Å²) in [5, 5.41) is 10.1. The summed E-state index contributed by atoms with van der Waals surface area (Å²) in [7, 11) is 8.22. The fraction of sp³-hybridized carbons (Fsp3) is 0.444. The third kappa shape index (κ3) is 5.05. The molecule has 0 bridgehead atoms. The Labute approximate surface area is 165 Å². The van der Waals surface area contributed by atoms with E-state index < -0.39 is 6.04 Å². The number of hydrogen-bond donors (Lipinski definition) is 2. The van der Waals surface area contributed by atoms with E-state index in [0.29, 0.717) is 17.2 Å². The van der Waals surface area contributed by atoms with Gasteiger partial charge in [0, 0.05) is 18.8 Å². The van der Waals surface area contributed by atoms with Crippen LogP contribution >= 0.6 is 12.4 Å². The van der Waals surface area contributed by atoms with Gasteiger partial charge in [0.05, 0.1) is 33.6 Å². The summed E-state index contributed by atoms with van der Waals surface area (Å²) in [5.74, 6) is 1.45. The van der Waals surface area contributed by atoms with Gasteiger partial charge in [-0.25, -0.2) is 0 Å². The van der Waals surface area contributed by atoms with E-state index >= 15 is 0 Å². The molecule has 0 aliphatic rings. The topological polar surface area (TPSA) is 86.6 Å². The summed E-state index contributed by atoms with van der Waals surface area (Å²) in [4.78, 5) is 12.7. The molecule has 0 spiro atoms. The van der Waals surface area contributed by atoms with Crippen LogP contribution in [-0.4, -0.2) is 44.1 Å². The van der Waals surface area contributed by atoms with Crippen LogP contribution in [0.15, 0.2) is 24.5 Å². The average molecular weight is 399 g/mol. The minimum absolute atomic E-state index is 0. The van der Waals surface area contributed by atoms with Gasteiger partial charge in [0.2, 0.25) is 11.7 Å². The van der Waals surface area contributed by atoms with Crippen LogP contribution in [0.25, 0.3) is 0 Å². The van der Waals surface area contributed by atoms with Crippen LogP contribution in [0.5, 0.6) is 17.2 Å². The summed E-state index contributed by atoms with van der Waals surface area (Å²) in [6.07, 6.45) is 3.48. The second kappa shape index (κ2) is 10.0. The van der Waals surface area contributed by atoms with Crippen LogP contribution in [0, 0.1) is 0 Å². The van der Waals surface area contributed by atoms with Gasteiger partial charge in [0.1, 0.15) is 6.04 Å². The average Bonchev–Trinajstić information content (AvgIpc) is 3.06. The van der Waals surface area contributed by atoms with Crippen LogP contribution in [0.1, 0.15) is 30.1 Å². The van der Waals surface area contributed by atoms with Crippen molar-refractivity contribution in [3.63, 3.8) is 0 Å². The lowest BCUT2D eigenvalue weighted by atomic mass is 10.1. The Morgan fingerprint density at radius 1 is 1.11 bits per heavy atom. The van der Waals surface area contributed by atoms with Crippen molar-refractivity contribution >= 4 is 18.3 Å². The van der Waals surface area contributed by atoms with Gasteiger partial charge < -0.3 is 24.8 Å². The number of carbonyl (C=O) groups excluding carboxylic acids is 1. The van der Waals surface area contributed by atoms with Crippen LogP contribution in [0.3, 0.4) is 0 Å².